The van der Waals surface area contributed by atoms with Crippen molar-refractivity contribution in [3.05, 3.63) is 11.9 Å². The number of aromatic nitrogens is 4. The molecule has 92 valence electrons. The predicted octanol–water partition coefficient (Wildman–Crippen LogP) is -0.228. The molecule has 0 amide bonds. The average Bonchev–Trinajstić information content (AvgIpc) is 2.75. The van der Waals surface area contributed by atoms with Crippen molar-refractivity contribution in [3.63, 3.8) is 0 Å². The van der Waals surface area contributed by atoms with Gasteiger partial charge in [0.15, 0.2) is 0 Å². The topological polar surface area (TPSA) is 84.1 Å². The number of rotatable bonds is 3. The summed E-state index contributed by atoms with van der Waals surface area (Å²) in [7, 11) is 1.71. The van der Waals surface area contributed by atoms with Crippen LogP contribution in [0.1, 0.15) is 19.2 Å². The van der Waals surface area contributed by atoms with Crippen molar-refractivity contribution in [1.82, 2.24) is 25.1 Å². The third-order valence-corrected chi connectivity index (χ3v) is 2.88. The number of carboxylic acid groups (broad SMARTS) is 1. The minimum atomic E-state index is -0.807. The van der Waals surface area contributed by atoms with Gasteiger partial charge >= 0.3 is 5.97 Å². The lowest BCUT2D eigenvalue weighted by molar-refractivity contribution is -0.142. The molecule has 0 aliphatic carbocycles. The lowest BCUT2D eigenvalue weighted by Gasteiger charge is -2.29. The molecule has 1 aromatic rings. The Bertz CT molecular complexity index is 453. The molecule has 0 saturated carbocycles. The first-order valence-electron chi connectivity index (χ1n) is 5.48. The van der Waals surface area contributed by atoms with E-state index in [1.165, 1.54) is 4.80 Å². The van der Waals surface area contributed by atoms with E-state index in [2.05, 4.69) is 15.4 Å². The SMILES string of the molecule is CC(C(=O)O)N1CCC=C(c2nnn(C)n2)C1. The molecule has 0 aromatic carbocycles. The van der Waals surface area contributed by atoms with Crippen molar-refractivity contribution < 1.29 is 9.90 Å². The van der Waals surface area contributed by atoms with Gasteiger partial charge in [0.1, 0.15) is 6.04 Å². The molecule has 1 aliphatic rings. The van der Waals surface area contributed by atoms with Crippen molar-refractivity contribution in [3.8, 4) is 0 Å². The van der Waals surface area contributed by atoms with Gasteiger partial charge in [-0.15, -0.1) is 10.2 Å². The number of aryl methyl sites for hydroxylation is 1. The van der Waals surface area contributed by atoms with E-state index in [0.717, 1.165) is 18.5 Å². The van der Waals surface area contributed by atoms with Gasteiger partial charge in [-0.3, -0.25) is 9.69 Å². The van der Waals surface area contributed by atoms with Crippen LogP contribution in [0.4, 0.5) is 0 Å². The van der Waals surface area contributed by atoms with Crippen molar-refractivity contribution >= 4 is 11.5 Å². The van der Waals surface area contributed by atoms with Crippen LogP contribution < -0.4 is 0 Å². The summed E-state index contributed by atoms with van der Waals surface area (Å²) in [5.41, 5.74) is 0.942. The first-order valence-corrected chi connectivity index (χ1v) is 5.48. The highest BCUT2D eigenvalue weighted by Crippen LogP contribution is 2.18. The van der Waals surface area contributed by atoms with Gasteiger partial charge in [-0.2, -0.15) is 4.80 Å². The summed E-state index contributed by atoms with van der Waals surface area (Å²) in [5, 5.41) is 20.8. The maximum absolute atomic E-state index is 10.9. The molecule has 1 aliphatic heterocycles. The smallest absolute Gasteiger partial charge is 0.320 e. The van der Waals surface area contributed by atoms with Gasteiger partial charge in [-0.1, -0.05) is 6.08 Å². The zero-order valence-electron chi connectivity index (χ0n) is 9.87. The van der Waals surface area contributed by atoms with Gasteiger partial charge in [0.25, 0.3) is 0 Å². The number of carbonyl (C=O) groups is 1. The molecule has 0 bridgehead atoms. The Labute approximate surface area is 98.7 Å². The summed E-state index contributed by atoms with van der Waals surface area (Å²) >= 11 is 0. The van der Waals surface area contributed by atoms with Crippen molar-refractivity contribution in [2.75, 3.05) is 13.1 Å². The molecular weight excluding hydrogens is 222 g/mol. The highest BCUT2D eigenvalue weighted by molar-refractivity contribution is 5.73. The monoisotopic (exact) mass is 237 g/mol. The van der Waals surface area contributed by atoms with E-state index in [1.807, 2.05) is 11.0 Å². The van der Waals surface area contributed by atoms with Crippen LogP contribution >= 0.6 is 0 Å². The molecule has 1 aromatic heterocycles. The second-order valence-electron chi connectivity index (χ2n) is 4.11. The first kappa shape index (κ1) is 11.7. The molecule has 7 nitrogen and oxygen atoms in total. The minimum absolute atomic E-state index is 0.490. The third kappa shape index (κ3) is 2.50. The molecular formula is C10H15N5O2. The number of carboxylic acids is 1. The maximum Gasteiger partial charge on any atom is 0.320 e. The Balaban J connectivity index is 2.11. The van der Waals surface area contributed by atoms with Crippen molar-refractivity contribution in [2.24, 2.45) is 7.05 Å². The number of hydrogen-bond acceptors (Lipinski definition) is 5. The van der Waals surface area contributed by atoms with Crippen LogP contribution in [0.5, 0.6) is 0 Å². The molecule has 0 saturated heterocycles. The fourth-order valence-corrected chi connectivity index (χ4v) is 1.83. The van der Waals surface area contributed by atoms with Crippen molar-refractivity contribution in [1.29, 1.82) is 0 Å². The lowest BCUT2D eigenvalue weighted by atomic mass is 10.1. The molecule has 2 rings (SSSR count). The quantitative estimate of drug-likeness (QED) is 0.782. The highest BCUT2D eigenvalue weighted by atomic mass is 16.4. The zero-order valence-corrected chi connectivity index (χ0v) is 9.87. The number of hydrogen-bond donors (Lipinski definition) is 1. The second-order valence-corrected chi connectivity index (χ2v) is 4.11. The molecule has 17 heavy (non-hydrogen) atoms. The summed E-state index contributed by atoms with van der Waals surface area (Å²) in [6, 6.07) is -0.490. The van der Waals surface area contributed by atoms with Crippen LogP contribution in [0, 0.1) is 0 Å². The Morgan fingerprint density at radius 2 is 2.35 bits per heavy atom. The van der Waals surface area contributed by atoms with Crippen LogP contribution in [0.3, 0.4) is 0 Å². The van der Waals surface area contributed by atoms with E-state index in [1.54, 1.807) is 14.0 Å². The highest BCUT2D eigenvalue weighted by Gasteiger charge is 2.25. The third-order valence-electron chi connectivity index (χ3n) is 2.88. The molecule has 1 unspecified atom stereocenters. The van der Waals surface area contributed by atoms with E-state index in [4.69, 9.17) is 5.11 Å². The number of tetrazole rings is 1. The Hall–Kier alpha value is -1.76. The molecule has 1 N–H and O–H groups in total. The molecule has 1 atom stereocenters. The standard InChI is InChI=1S/C10H15N5O2/c1-7(10(16)17)15-5-3-4-8(6-15)9-11-13-14(2)12-9/h4,7H,3,5-6H2,1-2H3,(H,16,17). The van der Waals surface area contributed by atoms with E-state index in [0.29, 0.717) is 12.4 Å². The first-order chi connectivity index (χ1) is 8.08. The van der Waals surface area contributed by atoms with Crippen LogP contribution in [0.15, 0.2) is 6.08 Å². The fraction of sp³-hybridized carbons (Fsp3) is 0.600. The molecule has 7 heteroatoms. The second kappa shape index (κ2) is 4.62. The summed E-state index contributed by atoms with van der Waals surface area (Å²) in [6.45, 7) is 2.99. The van der Waals surface area contributed by atoms with Crippen LogP contribution in [-0.4, -0.2) is 55.3 Å². The summed E-state index contributed by atoms with van der Waals surface area (Å²) in [5.74, 6) is -0.229. The van der Waals surface area contributed by atoms with Crippen LogP contribution in [-0.2, 0) is 11.8 Å². The largest absolute Gasteiger partial charge is 0.480 e. The fourth-order valence-electron chi connectivity index (χ4n) is 1.83. The van der Waals surface area contributed by atoms with Crippen molar-refractivity contribution in [2.45, 2.75) is 19.4 Å². The Kier molecular flexibility index (Phi) is 3.19. The van der Waals surface area contributed by atoms with Gasteiger partial charge in [0, 0.05) is 18.7 Å². The normalized spacial score (nSPS) is 18.8. The lowest BCUT2D eigenvalue weighted by Crippen LogP contribution is -2.42. The van der Waals surface area contributed by atoms with E-state index >= 15 is 0 Å². The van der Waals surface area contributed by atoms with E-state index in [9.17, 15) is 4.79 Å². The summed E-state index contributed by atoms with van der Waals surface area (Å²) < 4.78 is 0. The van der Waals surface area contributed by atoms with Gasteiger partial charge in [0.05, 0.1) is 7.05 Å². The van der Waals surface area contributed by atoms with Crippen LogP contribution in [0.25, 0.3) is 5.57 Å². The maximum atomic E-state index is 10.9. The van der Waals surface area contributed by atoms with Gasteiger partial charge in [0.2, 0.25) is 5.82 Å². The average molecular weight is 237 g/mol. The molecule has 0 fully saturated rings. The number of aliphatic carboxylic acids is 1. The molecule has 0 radical (unpaired) electrons. The molecule has 2 heterocycles. The number of nitrogens with zero attached hydrogens (tertiary/aromatic N) is 5. The minimum Gasteiger partial charge on any atom is -0.480 e. The summed E-state index contributed by atoms with van der Waals surface area (Å²) in [4.78, 5) is 14.2. The zero-order chi connectivity index (χ0) is 12.4. The Morgan fingerprint density at radius 3 is 2.94 bits per heavy atom. The predicted molar refractivity (Wildman–Crippen MR) is 60.1 cm³/mol. The van der Waals surface area contributed by atoms with Gasteiger partial charge in [-0.25, -0.2) is 0 Å². The van der Waals surface area contributed by atoms with Crippen LogP contribution in [0.2, 0.25) is 0 Å². The molecule has 0 spiro atoms. The summed E-state index contributed by atoms with van der Waals surface area (Å²) in [6.07, 6.45) is 2.85. The Morgan fingerprint density at radius 1 is 1.59 bits per heavy atom. The van der Waals surface area contributed by atoms with Gasteiger partial charge < -0.3 is 5.11 Å². The van der Waals surface area contributed by atoms with E-state index in [-0.39, 0.29) is 0 Å². The van der Waals surface area contributed by atoms with Gasteiger partial charge in [-0.05, 0) is 18.6 Å². The van der Waals surface area contributed by atoms with E-state index < -0.39 is 12.0 Å².